The van der Waals surface area contributed by atoms with Crippen LogP contribution in [0.3, 0.4) is 0 Å². The molecular weight excluding hydrogens is 222 g/mol. The molecule has 1 aromatic carbocycles. The minimum Gasteiger partial charge on any atom is -0.467 e. The van der Waals surface area contributed by atoms with Gasteiger partial charge in [0.05, 0.1) is 12.3 Å². The maximum absolute atomic E-state index is 6.27. The number of benzene rings is 1. The zero-order valence-corrected chi connectivity index (χ0v) is 11.3. The number of hydrogen-bond donors (Lipinski definition) is 1. The van der Waals surface area contributed by atoms with Crippen LogP contribution in [-0.4, -0.2) is 0 Å². The molecular formula is C16H21NO. The first-order chi connectivity index (χ1) is 8.58. The fourth-order valence-electron chi connectivity index (χ4n) is 2.24. The molecule has 0 aliphatic rings. The van der Waals surface area contributed by atoms with Crippen LogP contribution in [0.4, 0.5) is 0 Å². The van der Waals surface area contributed by atoms with E-state index in [1.54, 1.807) is 6.26 Å². The topological polar surface area (TPSA) is 39.2 Å². The predicted octanol–water partition coefficient (Wildman–Crippen LogP) is 3.83. The maximum atomic E-state index is 6.27. The lowest BCUT2D eigenvalue weighted by Gasteiger charge is -2.13. The summed E-state index contributed by atoms with van der Waals surface area (Å²) in [6.45, 7) is 6.48. The lowest BCUT2D eigenvalue weighted by Crippen LogP contribution is -2.12. The summed E-state index contributed by atoms with van der Waals surface area (Å²) in [7, 11) is 0. The van der Waals surface area contributed by atoms with E-state index in [-0.39, 0.29) is 6.04 Å². The van der Waals surface area contributed by atoms with Crippen LogP contribution in [0.5, 0.6) is 0 Å². The minimum atomic E-state index is -0.174. The van der Waals surface area contributed by atoms with E-state index >= 15 is 0 Å². The van der Waals surface area contributed by atoms with Crippen LogP contribution in [0.2, 0.25) is 0 Å². The van der Waals surface area contributed by atoms with Gasteiger partial charge in [-0.15, -0.1) is 0 Å². The molecule has 0 amide bonds. The highest BCUT2D eigenvalue weighted by Gasteiger charge is 2.15. The molecule has 1 atom stereocenters. The van der Waals surface area contributed by atoms with Gasteiger partial charge in [-0.3, -0.25) is 0 Å². The molecule has 2 nitrogen and oxygen atoms in total. The van der Waals surface area contributed by atoms with Gasteiger partial charge in [0.25, 0.3) is 0 Å². The Bertz CT molecular complexity index is 513. The second-order valence-corrected chi connectivity index (χ2v) is 5.29. The molecule has 1 unspecified atom stereocenters. The lowest BCUT2D eigenvalue weighted by atomic mass is 9.97. The van der Waals surface area contributed by atoms with E-state index in [1.807, 2.05) is 13.0 Å². The van der Waals surface area contributed by atoms with Gasteiger partial charge in [0, 0.05) is 0 Å². The molecule has 2 aromatic rings. The Kier molecular flexibility index (Phi) is 3.87. The number of furan rings is 1. The van der Waals surface area contributed by atoms with Gasteiger partial charge in [0.2, 0.25) is 0 Å². The highest BCUT2D eigenvalue weighted by atomic mass is 16.3. The van der Waals surface area contributed by atoms with E-state index in [1.165, 1.54) is 5.56 Å². The Morgan fingerprint density at radius 2 is 2.00 bits per heavy atom. The zero-order chi connectivity index (χ0) is 13.1. The summed E-state index contributed by atoms with van der Waals surface area (Å²) in [4.78, 5) is 0. The van der Waals surface area contributed by atoms with Gasteiger partial charge >= 0.3 is 0 Å². The predicted molar refractivity (Wildman–Crippen MR) is 74.5 cm³/mol. The third kappa shape index (κ3) is 2.82. The Morgan fingerprint density at radius 1 is 1.22 bits per heavy atom. The van der Waals surface area contributed by atoms with Crippen molar-refractivity contribution >= 4 is 0 Å². The largest absolute Gasteiger partial charge is 0.467 e. The second kappa shape index (κ2) is 5.40. The lowest BCUT2D eigenvalue weighted by molar-refractivity contribution is 0.486. The molecule has 0 aliphatic carbocycles. The van der Waals surface area contributed by atoms with Crippen molar-refractivity contribution in [1.29, 1.82) is 0 Å². The molecule has 2 N–H and O–H groups in total. The number of nitrogens with two attached hydrogens (primary N) is 1. The van der Waals surface area contributed by atoms with Crippen LogP contribution in [0.1, 0.15) is 42.3 Å². The van der Waals surface area contributed by atoms with Crippen molar-refractivity contribution in [2.45, 2.75) is 33.2 Å². The van der Waals surface area contributed by atoms with Gasteiger partial charge in [0.1, 0.15) is 5.76 Å². The van der Waals surface area contributed by atoms with Crippen LogP contribution in [0.15, 0.2) is 41.0 Å². The normalized spacial score (nSPS) is 12.9. The average Bonchev–Trinajstić information content (AvgIpc) is 2.74. The highest BCUT2D eigenvalue weighted by Crippen LogP contribution is 2.24. The molecule has 2 rings (SSSR count). The van der Waals surface area contributed by atoms with Gasteiger partial charge in [-0.25, -0.2) is 0 Å². The standard InChI is InChI=1S/C16H21NO/c1-11(2)9-13-5-4-6-14(10-13)15(17)16-12(3)7-8-18-16/h4-8,10-11,15H,9,17H2,1-3H3. The van der Waals surface area contributed by atoms with Crippen LogP contribution in [0, 0.1) is 12.8 Å². The van der Waals surface area contributed by atoms with Crippen molar-refractivity contribution in [3.8, 4) is 0 Å². The molecule has 2 heteroatoms. The zero-order valence-electron chi connectivity index (χ0n) is 11.3. The van der Waals surface area contributed by atoms with Crippen molar-refractivity contribution in [3.05, 3.63) is 59.0 Å². The summed E-state index contributed by atoms with van der Waals surface area (Å²) in [6, 6.07) is 10.3. The van der Waals surface area contributed by atoms with Crippen LogP contribution in [0.25, 0.3) is 0 Å². The third-order valence-electron chi connectivity index (χ3n) is 3.14. The Morgan fingerprint density at radius 3 is 2.61 bits per heavy atom. The molecule has 0 saturated heterocycles. The third-order valence-corrected chi connectivity index (χ3v) is 3.14. The van der Waals surface area contributed by atoms with E-state index in [0.29, 0.717) is 5.92 Å². The molecule has 0 saturated carbocycles. The summed E-state index contributed by atoms with van der Waals surface area (Å²) < 4.78 is 5.48. The fourth-order valence-corrected chi connectivity index (χ4v) is 2.24. The quantitative estimate of drug-likeness (QED) is 0.886. The smallest absolute Gasteiger partial charge is 0.127 e. The van der Waals surface area contributed by atoms with Crippen molar-refractivity contribution in [2.75, 3.05) is 0 Å². The highest BCUT2D eigenvalue weighted by molar-refractivity contribution is 5.33. The molecule has 18 heavy (non-hydrogen) atoms. The van der Waals surface area contributed by atoms with Crippen molar-refractivity contribution in [3.63, 3.8) is 0 Å². The van der Waals surface area contributed by atoms with Gasteiger partial charge < -0.3 is 10.2 Å². The number of aryl methyl sites for hydroxylation is 1. The minimum absolute atomic E-state index is 0.174. The van der Waals surface area contributed by atoms with Gasteiger partial charge in [-0.2, -0.15) is 0 Å². The van der Waals surface area contributed by atoms with E-state index in [9.17, 15) is 0 Å². The second-order valence-electron chi connectivity index (χ2n) is 5.29. The summed E-state index contributed by atoms with van der Waals surface area (Å²) >= 11 is 0. The van der Waals surface area contributed by atoms with Crippen LogP contribution >= 0.6 is 0 Å². The number of hydrogen-bond acceptors (Lipinski definition) is 2. The first-order valence-corrected chi connectivity index (χ1v) is 6.46. The molecule has 0 radical (unpaired) electrons. The van der Waals surface area contributed by atoms with Crippen molar-refractivity contribution in [1.82, 2.24) is 0 Å². The Balaban J connectivity index is 2.25. The molecule has 1 heterocycles. The summed E-state index contributed by atoms with van der Waals surface area (Å²) in [6.07, 6.45) is 2.78. The first-order valence-electron chi connectivity index (χ1n) is 6.46. The summed E-state index contributed by atoms with van der Waals surface area (Å²) in [5.41, 5.74) is 9.83. The monoisotopic (exact) mass is 243 g/mol. The first kappa shape index (κ1) is 12.9. The molecule has 0 spiro atoms. The SMILES string of the molecule is Cc1ccoc1C(N)c1cccc(CC(C)C)c1. The van der Waals surface area contributed by atoms with Crippen LogP contribution in [-0.2, 0) is 6.42 Å². The van der Waals surface area contributed by atoms with E-state index in [0.717, 1.165) is 23.3 Å². The molecule has 0 aliphatic heterocycles. The summed E-state index contributed by atoms with van der Waals surface area (Å²) in [5.74, 6) is 1.51. The molecule has 0 bridgehead atoms. The van der Waals surface area contributed by atoms with Gasteiger partial charge in [0.15, 0.2) is 0 Å². The van der Waals surface area contributed by atoms with Crippen LogP contribution < -0.4 is 5.73 Å². The van der Waals surface area contributed by atoms with Gasteiger partial charge in [-0.05, 0) is 42.0 Å². The van der Waals surface area contributed by atoms with E-state index in [4.69, 9.17) is 10.2 Å². The Hall–Kier alpha value is -1.54. The number of rotatable bonds is 4. The molecule has 0 fully saturated rings. The molecule has 1 aromatic heterocycles. The average molecular weight is 243 g/mol. The molecule has 96 valence electrons. The fraction of sp³-hybridized carbons (Fsp3) is 0.375. The van der Waals surface area contributed by atoms with Crippen molar-refractivity contribution in [2.24, 2.45) is 11.7 Å². The summed E-state index contributed by atoms with van der Waals surface area (Å²) in [5, 5.41) is 0. The maximum Gasteiger partial charge on any atom is 0.127 e. The van der Waals surface area contributed by atoms with E-state index < -0.39 is 0 Å². The van der Waals surface area contributed by atoms with E-state index in [2.05, 4.69) is 38.1 Å². The van der Waals surface area contributed by atoms with Gasteiger partial charge in [-0.1, -0.05) is 38.1 Å². The Labute approximate surface area is 109 Å². The van der Waals surface area contributed by atoms with Crippen molar-refractivity contribution < 1.29 is 4.42 Å².